The fourth-order valence-corrected chi connectivity index (χ4v) is 1.76. The molecule has 0 nitrogen and oxygen atoms in total. The molecule has 0 spiro atoms. The zero-order valence-corrected chi connectivity index (χ0v) is 9.89. The number of alkyl halides is 5. The molecule has 0 aliphatic heterocycles. The summed E-state index contributed by atoms with van der Waals surface area (Å²) in [5.74, 6) is -0.863. The molecule has 2 rings (SSSR count). The standard InChI is InChI=1S/C14H8F6/c15-12-6-9(5-10(7-12)13(16)17)8-1-3-11(4-2-8)14(18,19)20/h1-7,13H. The lowest BCUT2D eigenvalue weighted by Crippen LogP contribution is -2.04. The van der Waals surface area contributed by atoms with Gasteiger partial charge in [-0.05, 0) is 41.5 Å². The van der Waals surface area contributed by atoms with E-state index in [0.717, 1.165) is 36.4 Å². The highest BCUT2D eigenvalue weighted by atomic mass is 19.4. The summed E-state index contributed by atoms with van der Waals surface area (Å²) in [7, 11) is 0. The van der Waals surface area contributed by atoms with E-state index in [0.29, 0.717) is 6.07 Å². The molecule has 106 valence electrons. The summed E-state index contributed by atoms with van der Waals surface area (Å²) in [6.07, 6.45) is -7.33. The number of hydrogen-bond donors (Lipinski definition) is 0. The van der Waals surface area contributed by atoms with Crippen LogP contribution in [0.25, 0.3) is 11.1 Å². The SMILES string of the molecule is Fc1cc(-c2ccc(C(F)(F)F)cc2)cc(C(F)F)c1. The van der Waals surface area contributed by atoms with E-state index in [4.69, 9.17) is 0 Å². The van der Waals surface area contributed by atoms with Crippen molar-refractivity contribution in [3.63, 3.8) is 0 Å². The Labute approximate surface area is 110 Å². The van der Waals surface area contributed by atoms with E-state index in [1.54, 1.807) is 0 Å². The minimum Gasteiger partial charge on any atom is -0.207 e. The molecule has 0 fully saturated rings. The molecule has 0 amide bonds. The van der Waals surface area contributed by atoms with Crippen molar-refractivity contribution in [2.24, 2.45) is 0 Å². The summed E-state index contributed by atoms with van der Waals surface area (Å²) < 4.78 is 75.5. The summed E-state index contributed by atoms with van der Waals surface area (Å²) in [5.41, 5.74) is -1.03. The van der Waals surface area contributed by atoms with E-state index >= 15 is 0 Å². The van der Waals surface area contributed by atoms with Crippen molar-refractivity contribution in [1.82, 2.24) is 0 Å². The third-order valence-electron chi connectivity index (χ3n) is 2.72. The lowest BCUT2D eigenvalue weighted by atomic mass is 10.0. The quantitative estimate of drug-likeness (QED) is 0.645. The molecule has 0 aromatic heterocycles. The molecule has 2 aromatic rings. The van der Waals surface area contributed by atoms with Crippen molar-refractivity contribution in [2.75, 3.05) is 0 Å². The van der Waals surface area contributed by atoms with Crippen molar-refractivity contribution in [3.8, 4) is 11.1 Å². The van der Waals surface area contributed by atoms with Gasteiger partial charge in [0.1, 0.15) is 5.82 Å². The maximum absolute atomic E-state index is 13.2. The highest BCUT2D eigenvalue weighted by molar-refractivity contribution is 5.64. The van der Waals surface area contributed by atoms with Crippen LogP contribution < -0.4 is 0 Å². The van der Waals surface area contributed by atoms with Crippen LogP contribution in [0.15, 0.2) is 42.5 Å². The summed E-state index contributed by atoms with van der Waals surface area (Å²) >= 11 is 0. The topological polar surface area (TPSA) is 0 Å². The van der Waals surface area contributed by atoms with Crippen LogP contribution in [0.5, 0.6) is 0 Å². The molecule has 0 radical (unpaired) electrons. The number of halogens is 6. The second-order valence-corrected chi connectivity index (χ2v) is 4.15. The molecule has 6 heteroatoms. The van der Waals surface area contributed by atoms with Crippen LogP contribution in [0.4, 0.5) is 26.3 Å². The van der Waals surface area contributed by atoms with Gasteiger partial charge in [0.25, 0.3) is 6.43 Å². The van der Waals surface area contributed by atoms with E-state index in [9.17, 15) is 26.3 Å². The molecule has 0 aliphatic rings. The van der Waals surface area contributed by atoms with Gasteiger partial charge in [-0.25, -0.2) is 13.2 Å². The average molecular weight is 290 g/mol. The Bertz CT molecular complexity index is 598. The van der Waals surface area contributed by atoms with E-state index in [1.165, 1.54) is 0 Å². The molecule has 0 saturated heterocycles. The molecule has 0 N–H and O–H groups in total. The van der Waals surface area contributed by atoms with E-state index in [1.807, 2.05) is 0 Å². The Morgan fingerprint density at radius 1 is 0.800 bits per heavy atom. The number of benzene rings is 2. The summed E-state index contributed by atoms with van der Waals surface area (Å²) in [6.45, 7) is 0. The normalized spacial score (nSPS) is 11.9. The van der Waals surface area contributed by atoms with Crippen molar-refractivity contribution < 1.29 is 26.3 Å². The smallest absolute Gasteiger partial charge is 0.207 e. The van der Waals surface area contributed by atoms with Crippen molar-refractivity contribution in [2.45, 2.75) is 12.6 Å². The van der Waals surface area contributed by atoms with Crippen LogP contribution in [0, 0.1) is 5.82 Å². The monoisotopic (exact) mass is 290 g/mol. The van der Waals surface area contributed by atoms with Crippen LogP contribution in [-0.4, -0.2) is 0 Å². The lowest BCUT2D eigenvalue weighted by Gasteiger charge is -2.09. The predicted molar refractivity (Wildman–Crippen MR) is 61.8 cm³/mol. The molecule has 2 aromatic carbocycles. The van der Waals surface area contributed by atoms with Gasteiger partial charge in [-0.3, -0.25) is 0 Å². The van der Waals surface area contributed by atoms with Gasteiger partial charge in [0.15, 0.2) is 0 Å². The maximum Gasteiger partial charge on any atom is 0.416 e. The van der Waals surface area contributed by atoms with Gasteiger partial charge in [-0.15, -0.1) is 0 Å². The molecular formula is C14H8F6. The lowest BCUT2D eigenvalue weighted by molar-refractivity contribution is -0.137. The molecule has 0 saturated carbocycles. The zero-order chi connectivity index (χ0) is 14.9. The Morgan fingerprint density at radius 3 is 1.90 bits per heavy atom. The largest absolute Gasteiger partial charge is 0.416 e. The first-order valence-electron chi connectivity index (χ1n) is 5.53. The molecule has 0 atom stereocenters. The summed E-state index contributed by atoms with van der Waals surface area (Å²) in [6, 6.07) is 6.62. The molecule has 0 unspecified atom stereocenters. The Kier molecular flexibility index (Phi) is 3.74. The summed E-state index contributed by atoms with van der Waals surface area (Å²) in [4.78, 5) is 0. The van der Waals surface area contributed by atoms with Crippen molar-refractivity contribution in [3.05, 3.63) is 59.4 Å². The molecule has 0 aliphatic carbocycles. The van der Waals surface area contributed by atoms with Gasteiger partial charge in [0, 0.05) is 5.56 Å². The fraction of sp³-hybridized carbons (Fsp3) is 0.143. The van der Waals surface area contributed by atoms with Crippen molar-refractivity contribution >= 4 is 0 Å². The average Bonchev–Trinajstić information content (AvgIpc) is 2.37. The Hall–Kier alpha value is -1.98. The highest BCUT2D eigenvalue weighted by Crippen LogP contribution is 2.32. The number of hydrogen-bond acceptors (Lipinski definition) is 0. The summed E-state index contributed by atoms with van der Waals surface area (Å²) in [5, 5.41) is 0. The van der Waals surface area contributed by atoms with E-state index < -0.39 is 29.5 Å². The minimum absolute atomic E-state index is 0.106. The number of rotatable bonds is 2. The van der Waals surface area contributed by atoms with Crippen LogP contribution in [0.2, 0.25) is 0 Å². The van der Waals surface area contributed by atoms with Gasteiger partial charge in [0.05, 0.1) is 5.56 Å². The Balaban J connectivity index is 2.41. The first-order valence-corrected chi connectivity index (χ1v) is 5.53. The van der Waals surface area contributed by atoms with Crippen molar-refractivity contribution in [1.29, 1.82) is 0 Å². The van der Waals surface area contributed by atoms with Gasteiger partial charge in [-0.1, -0.05) is 12.1 Å². The van der Waals surface area contributed by atoms with Crippen LogP contribution in [-0.2, 0) is 6.18 Å². The molecule has 20 heavy (non-hydrogen) atoms. The minimum atomic E-state index is -4.48. The van der Waals surface area contributed by atoms with Crippen LogP contribution in [0.3, 0.4) is 0 Å². The first-order chi connectivity index (χ1) is 9.27. The van der Waals surface area contributed by atoms with Crippen LogP contribution >= 0.6 is 0 Å². The van der Waals surface area contributed by atoms with E-state index in [2.05, 4.69) is 0 Å². The highest BCUT2D eigenvalue weighted by Gasteiger charge is 2.30. The molecular weight excluding hydrogens is 282 g/mol. The predicted octanol–water partition coefficient (Wildman–Crippen LogP) is 5.45. The van der Waals surface area contributed by atoms with Gasteiger partial charge >= 0.3 is 6.18 Å². The van der Waals surface area contributed by atoms with Gasteiger partial charge in [-0.2, -0.15) is 13.2 Å². The Morgan fingerprint density at radius 2 is 1.40 bits per heavy atom. The maximum atomic E-state index is 13.2. The first kappa shape index (κ1) is 14.4. The fourth-order valence-electron chi connectivity index (χ4n) is 1.76. The van der Waals surface area contributed by atoms with Gasteiger partial charge < -0.3 is 0 Å². The third kappa shape index (κ3) is 3.12. The van der Waals surface area contributed by atoms with E-state index in [-0.39, 0.29) is 11.1 Å². The molecule has 0 heterocycles. The molecule has 0 bridgehead atoms. The van der Waals surface area contributed by atoms with Crippen LogP contribution in [0.1, 0.15) is 17.6 Å². The zero-order valence-electron chi connectivity index (χ0n) is 9.89. The second kappa shape index (κ2) is 5.19. The third-order valence-corrected chi connectivity index (χ3v) is 2.72. The second-order valence-electron chi connectivity index (χ2n) is 4.15. The van der Waals surface area contributed by atoms with Gasteiger partial charge in [0.2, 0.25) is 0 Å².